The number of halogens is 2. The van der Waals surface area contributed by atoms with E-state index in [1.807, 2.05) is 0 Å². The van der Waals surface area contributed by atoms with Crippen LogP contribution in [0.1, 0.15) is 28.8 Å². The van der Waals surface area contributed by atoms with Gasteiger partial charge in [-0.1, -0.05) is 35.6 Å². The Hall–Kier alpha value is -2.64. The van der Waals surface area contributed by atoms with Gasteiger partial charge in [-0.2, -0.15) is 0 Å². The van der Waals surface area contributed by atoms with Crippen LogP contribution in [0.15, 0.2) is 48.5 Å². The van der Waals surface area contributed by atoms with E-state index in [0.717, 1.165) is 0 Å². The van der Waals surface area contributed by atoms with Crippen molar-refractivity contribution >= 4 is 23.3 Å². The van der Waals surface area contributed by atoms with Gasteiger partial charge in [-0.05, 0) is 36.4 Å². The predicted molar refractivity (Wildman–Crippen MR) is 91.3 cm³/mol. The van der Waals surface area contributed by atoms with Crippen LogP contribution in [0.4, 0.5) is 4.39 Å². The fourth-order valence-corrected chi connectivity index (χ4v) is 2.07. The number of ketones is 1. The Balaban J connectivity index is 1.75. The maximum absolute atomic E-state index is 13.3. The Kier molecular flexibility index (Phi) is 6.53. The van der Waals surface area contributed by atoms with Gasteiger partial charge in [0.15, 0.2) is 5.78 Å². The lowest BCUT2D eigenvalue weighted by Crippen LogP contribution is -2.24. The monoisotopic (exact) mass is 343 g/mol. The average molecular weight is 344 g/mol. The molecule has 0 unspecified atom stereocenters. The Morgan fingerprint density at radius 3 is 2.46 bits per heavy atom. The first kappa shape index (κ1) is 17.7. The van der Waals surface area contributed by atoms with Crippen LogP contribution >= 0.6 is 11.6 Å². The van der Waals surface area contributed by atoms with Crippen LogP contribution in [0, 0.1) is 17.7 Å². The molecule has 0 aliphatic carbocycles. The Bertz CT molecular complexity index is 791. The molecule has 0 aliphatic rings. The molecule has 0 spiro atoms. The maximum Gasteiger partial charge on any atom is 0.221 e. The zero-order chi connectivity index (χ0) is 17.4. The molecule has 0 aliphatic heterocycles. The molecule has 0 saturated heterocycles. The van der Waals surface area contributed by atoms with E-state index in [-0.39, 0.29) is 36.6 Å². The number of hydrogen-bond donors (Lipinski definition) is 1. The molecule has 0 atom stereocenters. The van der Waals surface area contributed by atoms with Crippen molar-refractivity contribution in [2.45, 2.75) is 12.8 Å². The van der Waals surface area contributed by atoms with Crippen molar-refractivity contribution in [1.29, 1.82) is 0 Å². The molecule has 2 aromatic carbocycles. The second-order valence-corrected chi connectivity index (χ2v) is 5.42. The second-order valence-electron chi connectivity index (χ2n) is 4.99. The Morgan fingerprint density at radius 2 is 1.75 bits per heavy atom. The molecule has 2 aromatic rings. The Morgan fingerprint density at radius 1 is 1.04 bits per heavy atom. The van der Waals surface area contributed by atoms with Gasteiger partial charge in [0.2, 0.25) is 5.91 Å². The maximum atomic E-state index is 13.3. The van der Waals surface area contributed by atoms with Gasteiger partial charge in [-0.3, -0.25) is 9.59 Å². The summed E-state index contributed by atoms with van der Waals surface area (Å²) in [4.78, 5) is 23.6. The fraction of sp³-hybridized carbons (Fsp3) is 0.158. The number of Topliss-reactive ketones (excluding diaryl/α,β-unsaturated/α-hetero) is 1. The molecule has 0 bridgehead atoms. The van der Waals surface area contributed by atoms with Crippen molar-refractivity contribution in [2.75, 3.05) is 6.54 Å². The summed E-state index contributed by atoms with van der Waals surface area (Å²) in [6.45, 7) is 0.0995. The van der Waals surface area contributed by atoms with Crippen molar-refractivity contribution in [1.82, 2.24) is 5.32 Å². The van der Waals surface area contributed by atoms with Gasteiger partial charge in [0.05, 0.1) is 12.1 Å². The van der Waals surface area contributed by atoms with Crippen molar-refractivity contribution < 1.29 is 14.0 Å². The van der Waals surface area contributed by atoms with Gasteiger partial charge < -0.3 is 5.32 Å². The van der Waals surface area contributed by atoms with Gasteiger partial charge in [0.25, 0.3) is 0 Å². The molecule has 24 heavy (non-hydrogen) atoms. The molecule has 122 valence electrons. The first-order chi connectivity index (χ1) is 11.6. The highest BCUT2D eigenvalue weighted by Gasteiger charge is 2.08. The fourth-order valence-electron chi connectivity index (χ4n) is 1.94. The molecule has 0 aromatic heterocycles. The summed E-state index contributed by atoms with van der Waals surface area (Å²) >= 11 is 5.76. The highest BCUT2D eigenvalue weighted by Crippen LogP contribution is 2.11. The predicted octanol–water partition coefficient (Wildman–Crippen LogP) is 3.61. The van der Waals surface area contributed by atoms with E-state index < -0.39 is 5.82 Å². The molecule has 1 amide bonds. The standard InChI is InChI=1S/C19H15ClFNO2/c20-16-9-7-15(8-10-16)18(23)11-12-19(24)22-13-3-5-14-4-1-2-6-17(14)21/h1-2,4,6-10H,11-13H2,(H,22,24). The summed E-state index contributed by atoms with van der Waals surface area (Å²) in [5.41, 5.74) is 0.802. The number of rotatable bonds is 5. The van der Waals surface area contributed by atoms with Gasteiger partial charge >= 0.3 is 0 Å². The molecule has 0 fully saturated rings. The number of carbonyl (C=O) groups is 2. The molecule has 2 rings (SSSR count). The first-order valence-electron chi connectivity index (χ1n) is 7.35. The van der Waals surface area contributed by atoms with Crippen LogP contribution in [0.25, 0.3) is 0 Å². The first-order valence-corrected chi connectivity index (χ1v) is 7.73. The zero-order valence-electron chi connectivity index (χ0n) is 12.8. The average Bonchev–Trinajstić information content (AvgIpc) is 2.58. The van der Waals surface area contributed by atoms with Crippen LogP contribution in [0.3, 0.4) is 0 Å². The molecular weight excluding hydrogens is 329 g/mol. The summed E-state index contributed by atoms with van der Waals surface area (Å²) < 4.78 is 13.3. The van der Waals surface area contributed by atoms with Crippen molar-refractivity contribution in [3.63, 3.8) is 0 Å². The van der Waals surface area contributed by atoms with Crippen LogP contribution in [0.5, 0.6) is 0 Å². The summed E-state index contributed by atoms with van der Waals surface area (Å²) in [7, 11) is 0. The van der Waals surface area contributed by atoms with Crippen molar-refractivity contribution in [3.05, 3.63) is 70.5 Å². The summed E-state index contributed by atoms with van der Waals surface area (Å²) in [6, 6.07) is 12.7. The van der Waals surface area contributed by atoms with Gasteiger partial charge in [0, 0.05) is 23.4 Å². The summed E-state index contributed by atoms with van der Waals surface area (Å²) in [5.74, 6) is 4.52. The Labute approximate surface area is 144 Å². The number of hydrogen-bond acceptors (Lipinski definition) is 2. The normalized spacial score (nSPS) is 9.75. The number of amides is 1. The van der Waals surface area contributed by atoms with Gasteiger partial charge in [-0.15, -0.1) is 0 Å². The highest BCUT2D eigenvalue weighted by molar-refractivity contribution is 6.30. The van der Waals surface area contributed by atoms with E-state index in [1.165, 1.54) is 6.07 Å². The third-order valence-electron chi connectivity index (χ3n) is 3.22. The molecule has 1 N–H and O–H groups in total. The lowest BCUT2D eigenvalue weighted by Gasteiger charge is -2.02. The summed E-state index contributed by atoms with van der Waals surface area (Å²) in [5, 5.41) is 3.13. The molecule has 5 heteroatoms. The lowest BCUT2D eigenvalue weighted by atomic mass is 10.1. The number of carbonyl (C=O) groups excluding carboxylic acids is 2. The van der Waals surface area contributed by atoms with E-state index in [1.54, 1.807) is 42.5 Å². The third-order valence-corrected chi connectivity index (χ3v) is 3.47. The third kappa shape index (κ3) is 5.53. The van der Waals surface area contributed by atoms with Crippen molar-refractivity contribution in [2.24, 2.45) is 0 Å². The second kappa shape index (κ2) is 8.85. The van der Waals surface area contributed by atoms with Crippen LogP contribution in [0.2, 0.25) is 5.02 Å². The SMILES string of the molecule is O=C(CCC(=O)c1ccc(Cl)cc1)NCC#Cc1ccccc1F. The van der Waals surface area contributed by atoms with E-state index in [0.29, 0.717) is 10.6 Å². The van der Waals surface area contributed by atoms with Crippen molar-refractivity contribution in [3.8, 4) is 11.8 Å². The van der Waals surface area contributed by atoms with Gasteiger partial charge in [-0.25, -0.2) is 4.39 Å². The number of benzene rings is 2. The van der Waals surface area contributed by atoms with E-state index in [2.05, 4.69) is 17.2 Å². The summed E-state index contributed by atoms with van der Waals surface area (Å²) in [6.07, 6.45) is 0.178. The van der Waals surface area contributed by atoms with Gasteiger partial charge in [0.1, 0.15) is 5.82 Å². The largest absolute Gasteiger partial charge is 0.345 e. The van der Waals surface area contributed by atoms with E-state index in [9.17, 15) is 14.0 Å². The highest BCUT2D eigenvalue weighted by atomic mass is 35.5. The minimum Gasteiger partial charge on any atom is -0.345 e. The molecule has 0 heterocycles. The van der Waals surface area contributed by atoms with E-state index in [4.69, 9.17) is 11.6 Å². The molecule has 3 nitrogen and oxygen atoms in total. The zero-order valence-corrected chi connectivity index (χ0v) is 13.6. The molecular formula is C19H15ClFNO2. The number of nitrogens with one attached hydrogen (secondary N) is 1. The van der Waals surface area contributed by atoms with Crippen LogP contribution in [-0.4, -0.2) is 18.2 Å². The molecule has 0 radical (unpaired) electrons. The van der Waals surface area contributed by atoms with E-state index >= 15 is 0 Å². The van der Waals surface area contributed by atoms with Crippen LogP contribution < -0.4 is 5.32 Å². The smallest absolute Gasteiger partial charge is 0.221 e. The molecule has 0 saturated carbocycles. The quantitative estimate of drug-likeness (QED) is 0.666. The lowest BCUT2D eigenvalue weighted by molar-refractivity contribution is -0.120. The minimum absolute atomic E-state index is 0.0723. The van der Waals surface area contributed by atoms with Crippen LogP contribution in [-0.2, 0) is 4.79 Å². The minimum atomic E-state index is -0.398. The topological polar surface area (TPSA) is 46.2 Å².